The molecule has 4 nitrogen and oxygen atoms in total. The van der Waals surface area contributed by atoms with Gasteiger partial charge in [-0.25, -0.2) is 0 Å². The van der Waals surface area contributed by atoms with Crippen LogP contribution in [0.4, 0.5) is 5.69 Å². The van der Waals surface area contributed by atoms with E-state index < -0.39 is 0 Å². The molecule has 0 saturated carbocycles. The highest BCUT2D eigenvalue weighted by atomic mass is 16.5. The summed E-state index contributed by atoms with van der Waals surface area (Å²) >= 11 is 0. The highest BCUT2D eigenvalue weighted by molar-refractivity contribution is 5.99. The van der Waals surface area contributed by atoms with Crippen LogP contribution in [0.3, 0.4) is 0 Å². The number of unbranched alkanes of at least 4 members (excludes halogenated alkanes) is 1. The van der Waals surface area contributed by atoms with Crippen LogP contribution in [0, 0.1) is 5.92 Å². The molecule has 19 heavy (non-hydrogen) atoms. The summed E-state index contributed by atoms with van der Waals surface area (Å²) in [4.78, 5) is 12.0. The molecule has 106 valence electrons. The third kappa shape index (κ3) is 5.20. The van der Waals surface area contributed by atoms with Crippen LogP contribution in [0.25, 0.3) is 0 Å². The van der Waals surface area contributed by atoms with E-state index in [1.54, 1.807) is 25.3 Å². The molecule has 1 amide bonds. The Labute approximate surface area is 115 Å². The fourth-order valence-corrected chi connectivity index (χ4v) is 1.83. The third-order valence-electron chi connectivity index (χ3n) is 3.00. The average Bonchev–Trinajstić information content (AvgIpc) is 2.38. The fourth-order valence-electron chi connectivity index (χ4n) is 1.83. The maximum atomic E-state index is 12.0. The molecule has 0 atom stereocenters. The Hall–Kier alpha value is -1.71. The number of hydrogen-bond donors (Lipinski definition) is 2. The van der Waals surface area contributed by atoms with E-state index in [1.807, 2.05) is 0 Å². The van der Waals surface area contributed by atoms with E-state index in [0.717, 1.165) is 12.8 Å². The van der Waals surface area contributed by atoms with Crippen molar-refractivity contribution in [1.82, 2.24) is 5.32 Å². The summed E-state index contributed by atoms with van der Waals surface area (Å²) in [5, 5.41) is 2.89. The summed E-state index contributed by atoms with van der Waals surface area (Å²) < 4.78 is 5.09. The van der Waals surface area contributed by atoms with Crippen molar-refractivity contribution in [2.75, 3.05) is 19.4 Å². The maximum Gasteiger partial charge on any atom is 0.253 e. The number of amides is 1. The largest absolute Gasteiger partial charge is 0.497 e. The first kappa shape index (κ1) is 15.3. The summed E-state index contributed by atoms with van der Waals surface area (Å²) in [6.45, 7) is 5.09. The molecular formula is C15H24N2O2. The predicted molar refractivity (Wildman–Crippen MR) is 78.4 cm³/mol. The summed E-state index contributed by atoms with van der Waals surface area (Å²) in [5.74, 6) is 1.21. The number of carbonyl (C=O) groups excluding carboxylic acids is 1. The van der Waals surface area contributed by atoms with Crippen LogP contribution in [0.5, 0.6) is 5.75 Å². The highest BCUT2D eigenvalue weighted by Gasteiger charge is 2.10. The van der Waals surface area contributed by atoms with Crippen molar-refractivity contribution >= 4 is 11.6 Å². The number of nitrogens with one attached hydrogen (secondary N) is 1. The minimum atomic E-state index is -0.138. The van der Waals surface area contributed by atoms with Gasteiger partial charge in [-0.1, -0.05) is 26.7 Å². The Balaban J connectivity index is 2.45. The van der Waals surface area contributed by atoms with Gasteiger partial charge in [0.15, 0.2) is 0 Å². The van der Waals surface area contributed by atoms with Crippen molar-refractivity contribution < 1.29 is 9.53 Å². The van der Waals surface area contributed by atoms with Crippen molar-refractivity contribution in [3.05, 3.63) is 23.8 Å². The van der Waals surface area contributed by atoms with Crippen molar-refractivity contribution in [1.29, 1.82) is 0 Å². The number of ether oxygens (including phenoxy) is 1. The van der Waals surface area contributed by atoms with Crippen LogP contribution in [0.15, 0.2) is 18.2 Å². The number of rotatable bonds is 7. The number of methoxy groups -OCH3 is 1. The van der Waals surface area contributed by atoms with E-state index >= 15 is 0 Å². The SMILES string of the molecule is COc1ccc(N)c(C(=O)NCCCCC(C)C)c1. The van der Waals surface area contributed by atoms with Gasteiger partial charge in [0.2, 0.25) is 0 Å². The molecule has 0 fully saturated rings. The molecule has 0 aromatic heterocycles. The standard InChI is InChI=1S/C15H24N2O2/c1-11(2)6-4-5-9-17-15(18)13-10-12(19-3)7-8-14(13)16/h7-8,10-11H,4-6,9,16H2,1-3H3,(H,17,18). The van der Waals surface area contributed by atoms with E-state index in [2.05, 4.69) is 19.2 Å². The molecular weight excluding hydrogens is 240 g/mol. The van der Waals surface area contributed by atoms with Gasteiger partial charge in [-0.15, -0.1) is 0 Å². The van der Waals surface area contributed by atoms with Crippen molar-refractivity contribution in [3.63, 3.8) is 0 Å². The number of nitrogen functional groups attached to an aromatic ring is 1. The van der Waals surface area contributed by atoms with E-state index in [9.17, 15) is 4.79 Å². The van der Waals surface area contributed by atoms with Gasteiger partial charge in [-0.2, -0.15) is 0 Å². The molecule has 0 aliphatic carbocycles. The van der Waals surface area contributed by atoms with Crippen LogP contribution in [-0.2, 0) is 0 Å². The second-order valence-corrected chi connectivity index (χ2v) is 5.10. The lowest BCUT2D eigenvalue weighted by molar-refractivity contribution is 0.0953. The average molecular weight is 264 g/mol. The molecule has 4 heteroatoms. The van der Waals surface area contributed by atoms with Gasteiger partial charge >= 0.3 is 0 Å². The molecule has 0 aliphatic rings. The normalized spacial score (nSPS) is 10.5. The molecule has 1 aromatic rings. The zero-order chi connectivity index (χ0) is 14.3. The topological polar surface area (TPSA) is 64.3 Å². The first-order valence-electron chi connectivity index (χ1n) is 6.76. The quantitative estimate of drug-likeness (QED) is 0.588. The summed E-state index contributed by atoms with van der Waals surface area (Å²) in [6, 6.07) is 5.10. The van der Waals surface area contributed by atoms with Gasteiger partial charge in [0.05, 0.1) is 12.7 Å². The molecule has 0 heterocycles. The minimum Gasteiger partial charge on any atom is -0.497 e. The number of nitrogens with two attached hydrogens (primary N) is 1. The summed E-state index contributed by atoms with van der Waals surface area (Å²) in [5.41, 5.74) is 6.75. The third-order valence-corrected chi connectivity index (χ3v) is 3.00. The van der Waals surface area contributed by atoms with Crippen molar-refractivity contribution in [2.45, 2.75) is 33.1 Å². The predicted octanol–water partition coefficient (Wildman–Crippen LogP) is 2.83. The van der Waals surface area contributed by atoms with Crippen LogP contribution >= 0.6 is 0 Å². The highest BCUT2D eigenvalue weighted by Crippen LogP contribution is 2.19. The minimum absolute atomic E-state index is 0.138. The molecule has 1 rings (SSSR count). The summed E-state index contributed by atoms with van der Waals surface area (Å²) in [7, 11) is 1.57. The van der Waals surface area contributed by atoms with E-state index in [1.165, 1.54) is 6.42 Å². The molecule has 0 saturated heterocycles. The van der Waals surface area contributed by atoms with E-state index in [-0.39, 0.29) is 5.91 Å². The van der Waals surface area contributed by atoms with Gasteiger partial charge in [0.25, 0.3) is 5.91 Å². The molecule has 0 radical (unpaired) electrons. The Morgan fingerprint density at radius 2 is 2.11 bits per heavy atom. The smallest absolute Gasteiger partial charge is 0.253 e. The zero-order valence-corrected chi connectivity index (χ0v) is 12.0. The van der Waals surface area contributed by atoms with Crippen LogP contribution in [0.2, 0.25) is 0 Å². The Kier molecular flexibility index (Phi) is 6.19. The Bertz CT molecular complexity index is 417. The first-order chi connectivity index (χ1) is 9.04. The van der Waals surface area contributed by atoms with E-state index in [4.69, 9.17) is 10.5 Å². The van der Waals surface area contributed by atoms with Gasteiger partial charge in [0, 0.05) is 12.2 Å². The lowest BCUT2D eigenvalue weighted by Gasteiger charge is -2.09. The van der Waals surface area contributed by atoms with Gasteiger partial charge in [0.1, 0.15) is 5.75 Å². The number of benzene rings is 1. The van der Waals surface area contributed by atoms with Crippen molar-refractivity contribution in [3.8, 4) is 5.75 Å². The van der Waals surface area contributed by atoms with Crippen LogP contribution in [-0.4, -0.2) is 19.6 Å². The summed E-state index contributed by atoms with van der Waals surface area (Å²) in [6.07, 6.45) is 3.32. The van der Waals surface area contributed by atoms with Crippen LogP contribution < -0.4 is 15.8 Å². The van der Waals surface area contributed by atoms with E-state index in [0.29, 0.717) is 29.5 Å². The molecule has 0 bridgehead atoms. The number of anilines is 1. The monoisotopic (exact) mass is 264 g/mol. The number of carbonyl (C=O) groups is 1. The van der Waals surface area contributed by atoms with Gasteiger partial charge in [-0.05, 0) is 30.5 Å². The second kappa shape index (κ2) is 7.67. The molecule has 1 aromatic carbocycles. The molecule has 0 spiro atoms. The first-order valence-corrected chi connectivity index (χ1v) is 6.76. The van der Waals surface area contributed by atoms with Gasteiger partial charge in [-0.3, -0.25) is 4.79 Å². The molecule has 3 N–H and O–H groups in total. The zero-order valence-electron chi connectivity index (χ0n) is 12.0. The molecule has 0 unspecified atom stereocenters. The van der Waals surface area contributed by atoms with Crippen molar-refractivity contribution in [2.24, 2.45) is 5.92 Å². The Morgan fingerprint density at radius 3 is 2.74 bits per heavy atom. The second-order valence-electron chi connectivity index (χ2n) is 5.10. The number of hydrogen-bond acceptors (Lipinski definition) is 3. The van der Waals surface area contributed by atoms with Gasteiger partial charge < -0.3 is 15.8 Å². The fraction of sp³-hybridized carbons (Fsp3) is 0.533. The lowest BCUT2D eigenvalue weighted by Crippen LogP contribution is -2.25. The maximum absolute atomic E-state index is 12.0. The van der Waals surface area contributed by atoms with Crippen LogP contribution in [0.1, 0.15) is 43.5 Å². The molecule has 0 aliphatic heterocycles. The Morgan fingerprint density at radius 1 is 1.37 bits per heavy atom. The lowest BCUT2D eigenvalue weighted by atomic mass is 10.1.